The lowest BCUT2D eigenvalue weighted by Crippen LogP contribution is -2.58. The number of carbonyl (C=O) groups is 5. The van der Waals surface area contributed by atoms with E-state index >= 15 is 9.59 Å². The molecule has 0 radical (unpaired) electrons. The molecule has 2 saturated heterocycles. The molecule has 386 valence electrons. The van der Waals surface area contributed by atoms with Crippen LogP contribution in [0.4, 0.5) is 21.0 Å². The van der Waals surface area contributed by atoms with E-state index in [4.69, 9.17) is 23.1 Å². The minimum atomic E-state index is -2.62. The molecule has 1 saturated carbocycles. The summed E-state index contributed by atoms with van der Waals surface area (Å²) in [5.74, 6) is 0.0169. The average Bonchev–Trinajstić information content (AvgIpc) is 3.68. The number of likely N-dealkylation sites (tertiary alicyclic amines) is 1. The van der Waals surface area contributed by atoms with E-state index in [1.807, 2.05) is 24.8 Å². The van der Waals surface area contributed by atoms with Crippen LogP contribution < -0.4 is 24.7 Å². The molecule has 2 aromatic rings. The number of methoxy groups -OCH3 is 1. The number of ether oxygens (including phenoxy) is 3. The fraction of sp³-hybridized carbons (Fsp3) is 0.642. The third-order valence-corrected chi connectivity index (χ3v) is 26.0. The van der Waals surface area contributed by atoms with Gasteiger partial charge in [-0.3, -0.25) is 19.3 Å². The van der Waals surface area contributed by atoms with Crippen LogP contribution in [-0.4, -0.2) is 108 Å². The Morgan fingerprint density at radius 3 is 2.11 bits per heavy atom. The number of fused-ring (bicyclic) bond motifs is 2. The SMILES string of the molecule is C=CCOC(=O)N1CCC[C@H]1C(=O)N[C@@H](CC(C)C)C(=O)Nc1ccc(COC(=O)N2c3cc(O[Si](C(C)C)(C(C)C)C(C)C)c(OC)cc3C(=O)N3CC4(CC4)C[C@H]3C2O[Si](C)(C)C(C)(C)C)cc1. The molecule has 70 heavy (non-hydrogen) atoms. The van der Waals surface area contributed by atoms with Crippen molar-refractivity contribution < 1.29 is 47.0 Å². The summed E-state index contributed by atoms with van der Waals surface area (Å²) in [5, 5.41) is 5.62. The summed E-state index contributed by atoms with van der Waals surface area (Å²) in [6.07, 6.45) is 3.58. The van der Waals surface area contributed by atoms with E-state index in [-0.39, 0.29) is 52.1 Å². The van der Waals surface area contributed by atoms with Crippen molar-refractivity contribution in [2.45, 2.75) is 180 Å². The molecule has 0 bridgehead atoms. The maximum atomic E-state index is 15.2. The van der Waals surface area contributed by atoms with E-state index in [1.54, 1.807) is 42.3 Å². The van der Waals surface area contributed by atoms with Crippen molar-refractivity contribution in [3.05, 3.63) is 60.2 Å². The van der Waals surface area contributed by atoms with Gasteiger partial charge in [0.2, 0.25) is 11.8 Å². The Bertz CT molecular complexity index is 2230. The quantitative estimate of drug-likeness (QED) is 0.108. The molecule has 5 amide bonds. The number of rotatable bonds is 18. The van der Waals surface area contributed by atoms with E-state index in [0.717, 1.165) is 12.8 Å². The summed E-state index contributed by atoms with van der Waals surface area (Å²) in [7, 11) is -3.59. The zero-order chi connectivity index (χ0) is 51.7. The third-order valence-electron chi connectivity index (χ3n) is 15.6. The van der Waals surface area contributed by atoms with Gasteiger partial charge in [-0.05, 0) is 108 Å². The molecule has 3 fully saturated rings. The topological polar surface area (TPSA) is 165 Å². The maximum Gasteiger partial charge on any atom is 0.416 e. The Balaban J connectivity index is 1.29. The minimum Gasteiger partial charge on any atom is -0.540 e. The van der Waals surface area contributed by atoms with Crippen LogP contribution >= 0.6 is 0 Å². The summed E-state index contributed by atoms with van der Waals surface area (Å²) >= 11 is 0. The molecule has 2 N–H and O–H groups in total. The Kier molecular flexibility index (Phi) is 16.7. The molecule has 1 unspecified atom stereocenters. The summed E-state index contributed by atoms with van der Waals surface area (Å²) in [4.78, 5) is 75.0. The van der Waals surface area contributed by atoms with Gasteiger partial charge in [0, 0.05) is 24.8 Å². The van der Waals surface area contributed by atoms with Crippen molar-refractivity contribution in [2.75, 3.05) is 37.0 Å². The Labute approximate surface area is 419 Å². The standard InChI is InChI=1S/C53H81N5O10Si2/c1-16-26-65-50(62)56-25-17-18-41(56)47(60)55-40(27-33(2)3)46(59)54-38-21-19-37(20-22-38)31-66-51(63)58-42-29-45(67-70(34(4)5,35(6)7)36(8)9)44(64-13)28-39(42)48(61)57-32-53(23-24-53)30-43(57)49(58)68-69(14,15)52(10,11)12/h16,19-22,28-29,33-36,40-41,43,49H,1,17-18,23-27,30-32H2,2-15H3,(H,54,59)(H,55,60)/t40-,41-,43-,49?/m0/s1. The first kappa shape index (κ1) is 54.5. The Hall–Kier alpha value is -4.88. The van der Waals surface area contributed by atoms with Gasteiger partial charge in [0.15, 0.2) is 20.3 Å². The number of anilines is 2. The van der Waals surface area contributed by atoms with Crippen LogP contribution in [0.1, 0.15) is 131 Å². The van der Waals surface area contributed by atoms with Gasteiger partial charge in [-0.2, -0.15) is 0 Å². The van der Waals surface area contributed by atoms with Crippen molar-refractivity contribution in [3.8, 4) is 11.5 Å². The smallest absolute Gasteiger partial charge is 0.416 e. The van der Waals surface area contributed by atoms with Crippen molar-refractivity contribution in [1.29, 1.82) is 0 Å². The number of nitrogens with one attached hydrogen (secondary N) is 2. The molecule has 0 aromatic heterocycles. The predicted octanol–water partition coefficient (Wildman–Crippen LogP) is 11.0. The highest BCUT2D eigenvalue weighted by atomic mass is 28.4. The van der Waals surface area contributed by atoms with Gasteiger partial charge in [0.05, 0.1) is 24.4 Å². The average molecular weight is 1000 g/mol. The second kappa shape index (κ2) is 21.5. The number of benzene rings is 2. The molecule has 6 rings (SSSR count). The van der Waals surface area contributed by atoms with Crippen LogP contribution in [0.15, 0.2) is 49.1 Å². The summed E-state index contributed by atoms with van der Waals surface area (Å²) in [5.41, 5.74) is 2.55. The molecular formula is C53H81N5O10Si2. The van der Waals surface area contributed by atoms with Gasteiger partial charge in [0.25, 0.3) is 14.2 Å². The minimum absolute atomic E-state index is 0.0116. The summed E-state index contributed by atoms with van der Waals surface area (Å²) < 4.78 is 32.1. The molecule has 4 atom stereocenters. The van der Waals surface area contributed by atoms with Crippen LogP contribution in [0.3, 0.4) is 0 Å². The first-order valence-electron chi connectivity index (χ1n) is 25.4. The van der Waals surface area contributed by atoms with Crippen molar-refractivity contribution in [1.82, 2.24) is 15.1 Å². The number of carbonyl (C=O) groups excluding carboxylic acids is 5. The summed E-state index contributed by atoms with van der Waals surface area (Å²) in [6, 6.07) is 8.52. The number of hydrogen-bond acceptors (Lipinski definition) is 10. The lowest BCUT2D eigenvalue weighted by Gasteiger charge is -2.44. The molecule has 2 aromatic carbocycles. The first-order chi connectivity index (χ1) is 32.8. The second-order valence-electron chi connectivity index (χ2n) is 22.9. The zero-order valence-corrected chi connectivity index (χ0v) is 46.4. The van der Waals surface area contributed by atoms with Crippen molar-refractivity contribution in [2.24, 2.45) is 11.3 Å². The molecular weight excluding hydrogens is 923 g/mol. The van der Waals surface area contributed by atoms with Gasteiger partial charge >= 0.3 is 12.2 Å². The van der Waals surface area contributed by atoms with E-state index in [9.17, 15) is 14.4 Å². The van der Waals surface area contributed by atoms with E-state index in [2.05, 4.69) is 92.6 Å². The summed E-state index contributed by atoms with van der Waals surface area (Å²) in [6.45, 7) is 32.5. The van der Waals surface area contributed by atoms with Crippen molar-refractivity contribution >= 4 is 57.9 Å². The largest absolute Gasteiger partial charge is 0.540 e. The zero-order valence-electron chi connectivity index (χ0n) is 44.4. The first-order valence-corrected chi connectivity index (χ1v) is 30.4. The lowest BCUT2D eigenvalue weighted by molar-refractivity contribution is -0.129. The van der Waals surface area contributed by atoms with Gasteiger partial charge in [0.1, 0.15) is 31.0 Å². The molecule has 17 heteroatoms. The third kappa shape index (κ3) is 11.4. The van der Waals surface area contributed by atoms with Crippen LogP contribution in [0.2, 0.25) is 34.8 Å². The number of nitrogens with zero attached hydrogens (tertiary/aromatic N) is 3. The molecule has 15 nitrogen and oxygen atoms in total. The van der Waals surface area contributed by atoms with Crippen LogP contribution in [0, 0.1) is 11.3 Å². The highest BCUT2D eigenvalue weighted by Crippen LogP contribution is 2.58. The molecule has 1 aliphatic carbocycles. The highest BCUT2D eigenvalue weighted by Gasteiger charge is 2.60. The Morgan fingerprint density at radius 1 is 0.914 bits per heavy atom. The fourth-order valence-electron chi connectivity index (χ4n) is 10.7. The van der Waals surface area contributed by atoms with E-state index in [1.165, 1.54) is 11.0 Å². The monoisotopic (exact) mass is 1000 g/mol. The van der Waals surface area contributed by atoms with Gasteiger partial charge in [-0.15, -0.1) is 0 Å². The molecule has 3 aliphatic heterocycles. The predicted molar refractivity (Wildman–Crippen MR) is 278 cm³/mol. The Morgan fingerprint density at radius 2 is 1.56 bits per heavy atom. The van der Waals surface area contributed by atoms with E-state index in [0.29, 0.717) is 72.8 Å². The maximum absolute atomic E-state index is 15.2. The molecule has 1 spiro atoms. The number of amides is 5. The highest BCUT2D eigenvalue weighted by molar-refractivity contribution is 6.78. The van der Waals surface area contributed by atoms with Crippen LogP contribution in [0.25, 0.3) is 0 Å². The molecule has 3 heterocycles. The number of hydrogen-bond donors (Lipinski definition) is 2. The fourth-order valence-corrected chi connectivity index (χ4v) is 17.1. The van der Waals surface area contributed by atoms with Crippen molar-refractivity contribution in [3.63, 3.8) is 0 Å². The van der Waals surface area contributed by atoms with Crippen LogP contribution in [0.5, 0.6) is 11.5 Å². The van der Waals surface area contributed by atoms with Gasteiger partial charge in [-0.25, -0.2) is 14.5 Å². The van der Waals surface area contributed by atoms with E-state index < -0.39 is 65.0 Å². The molecule has 4 aliphatic rings. The normalized spacial score (nSPS) is 20.3. The van der Waals surface area contributed by atoms with Crippen LogP contribution in [-0.2, 0) is 30.1 Å². The van der Waals surface area contributed by atoms with Gasteiger partial charge < -0.3 is 38.6 Å². The second-order valence-corrected chi connectivity index (χ2v) is 33.1. The van der Waals surface area contributed by atoms with Gasteiger partial charge in [-0.1, -0.05) is 101 Å². The lowest BCUT2D eigenvalue weighted by atomic mass is 10.0.